The number of carbonyl (C=O) groups is 2. The Morgan fingerprint density at radius 1 is 0.774 bits per heavy atom. The maximum atomic E-state index is 12.5. The molecule has 0 saturated heterocycles. The van der Waals surface area contributed by atoms with Gasteiger partial charge in [0, 0.05) is 11.9 Å². The van der Waals surface area contributed by atoms with Crippen LogP contribution in [0.15, 0.2) is 90.3 Å². The molecule has 7 heteroatoms. The van der Waals surface area contributed by atoms with Gasteiger partial charge in [-0.3, -0.25) is 0 Å². The molecule has 0 saturated carbocycles. The van der Waals surface area contributed by atoms with Gasteiger partial charge in [0.25, 0.3) is 0 Å². The Balaban J connectivity index is 1.72. The van der Waals surface area contributed by atoms with E-state index in [1.807, 2.05) is 30.3 Å². The Kier molecular flexibility index (Phi) is 7.48. The molecule has 1 aliphatic heterocycles. The standard InChI is InChI=1S/C24H23NO6/c1-28-23(26)21-10-6-7-15-25(22(21)24(27)29-2)18-11-13-20(14-12-18)31-17-16-30-19-8-4-3-5-9-19/h3-15H,16-17H2,1-2H3. The number of hydrogen-bond donors (Lipinski definition) is 0. The number of hydrogen-bond acceptors (Lipinski definition) is 7. The van der Waals surface area contributed by atoms with Crippen molar-refractivity contribution in [2.45, 2.75) is 0 Å². The summed E-state index contributed by atoms with van der Waals surface area (Å²) in [5.74, 6) is 0.138. The first-order valence-corrected chi connectivity index (χ1v) is 9.59. The smallest absolute Gasteiger partial charge is 0.355 e. The lowest BCUT2D eigenvalue weighted by atomic mass is 10.1. The van der Waals surface area contributed by atoms with Crippen LogP contribution in [0.5, 0.6) is 11.5 Å². The lowest BCUT2D eigenvalue weighted by Crippen LogP contribution is -2.26. The molecule has 0 spiro atoms. The number of carbonyl (C=O) groups excluding carboxylic acids is 2. The van der Waals surface area contributed by atoms with E-state index in [0.29, 0.717) is 24.7 Å². The van der Waals surface area contributed by atoms with Crippen LogP contribution in [0.4, 0.5) is 5.69 Å². The Hall–Kier alpha value is -4.00. The molecule has 0 bridgehead atoms. The summed E-state index contributed by atoms with van der Waals surface area (Å²) < 4.78 is 21.0. The molecule has 2 aromatic carbocycles. The summed E-state index contributed by atoms with van der Waals surface area (Å²) in [6.07, 6.45) is 6.55. The molecular formula is C24H23NO6. The van der Waals surface area contributed by atoms with E-state index in [0.717, 1.165) is 5.75 Å². The van der Waals surface area contributed by atoms with Crippen LogP contribution in [0.3, 0.4) is 0 Å². The van der Waals surface area contributed by atoms with Gasteiger partial charge in [-0.15, -0.1) is 0 Å². The fourth-order valence-corrected chi connectivity index (χ4v) is 2.90. The highest BCUT2D eigenvalue weighted by Crippen LogP contribution is 2.28. The van der Waals surface area contributed by atoms with Crippen molar-refractivity contribution in [2.75, 3.05) is 32.3 Å². The fraction of sp³-hybridized carbons (Fsp3) is 0.167. The number of nitrogens with zero attached hydrogens (tertiary/aromatic N) is 1. The van der Waals surface area contributed by atoms with Crippen molar-refractivity contribution in [1.82, 2.24) is 0 Å². The fourth-order valence-electron chi connectivity index (χ4n) is 2.90. The molecule has 0 aliphatic carbocycles. The molecule has 0 amide bonds. The van der Waals surface area contributed by atoms with E-state index in [-0.39, 0.29) is 11.3 Å². The van der Waals surface area contributed by atoms with Crippen molar-refractivity contribution in [1.29, 1.82) is 0 Å². The Labute approximate surface area is 180 Å². The number of allylic oxidation sites excluding steroid dienone is 2. The monoisotopic (exact) mass is 421 g/mol. The van der Waals surface area contributed by atoms with Crippen LogP contribution in [-0.2, 0) is 19.1 Å². The summed E-state index contributed by atoms with van der Waals surface area (Å²) in [6, 6.07) is 16.6. The highest BCUT2D eigenvalue weighted by atomic mass is 16.5. The Morgan fingerprint density at radius 3 is 2.00 bits per heavy atom. The second kappa shape index (κ2) is 10.7. The summed E-state index contributed by atoms with van der Waals surface area (Å²) in [5, 5.41) is 0. The second-order valence-electron chi connectivity index (χ2n) is 6.32. The van der Waals surface area contributed by atoms with Crippen molar-refractivity contribution in [3.05, 3.63) is 90.3 Å². The first-order chi connectivity index (χ1) is 15.1. The van der Waals surface area contributed by atoms with Gasteiger partial charge in [-0.2, -0.15) is 0 Å². The molecule has 0 fully saturated rings. The van der Waals surface area contributed by atoms with Gasteiger partial charge in [-0.25, -0.2) is 9.59 Å². The number of para-hydroxylation sites is 1. The van der Waals surface area contributed by atoms with E-state index < -0.39 is 11.9 Å². The van der Waals surface area contributed by atoms with Crippen LogP contribution in [-0.4, -0.2) is 39.4 Å². The number of methoxy groups -OCH3 is 2. The van der Waals surface area contributed by atoms with Gasteiger partial charge in [0.05, 0.1) is 19.8 Å². The number of benzene rings is 2. The third kappa shape index (κ3) is 5.54. The molecular weight excluding hydrogens is 398 g/mol. The van der Waals surface area contributed by atoms with Crippen molar-refractivity contribution in [3.63, 3.8) is 0 Å². The third-order valence-electron chi connectivity index (χ3n) is 4.37. The maximum absolute atomic E-state index is 12.5. The first kappa shape index (κ1) is 21.7. The summed E-state index contributed by atoms with van der Waals surface area (Å²) in [7, 11) is 2.52. The summed E-state index contributed by atoms with van der Waals surface area (Å²) >= 11 is 0. The van der Waals surface area contributed by atoms with Crippen LogP contribution in [0.1, 0.15) is 0 Å². The molecule has 31 heavy (non-hydrogen) atoms. The van der Waals surface area contributed by atoms with Gasteiger partial charge in [0.2, 0.25) is 0 Å². The molecule has 0 N–H and O–H groups in total. The zero-order valence-electron chi connectivity index (χ0n) is 17.3. The van der Waals surface area contributed by atoms with Gasteiger partial charge in [0.15, 0.2) is 0 Å². The van der Waals surface area contributed by atoms with Crippen LogP contribution in [0.2, 0.25) is 0 Å². The van der Waals surface area contributed by atoms with Crippen LogP contribution in [0.25, 0.3) is 0 Å². The molecule has 1 aliphatic rings. The van der Waals surface area contributed by atoms with Gasteiger partial charge < -0.3 is 23.8 Å². The zero-order valence-corrected chi connectivity index (χ0v) is 17.3. The SMILES string of the molecule is COC(=O)C1=C(C(=O)OC)N(c2ccc(OCCOc3ccccc3)cc2)C=CC=C1. The molecule has 0 atom stereocenters. The van der Waals surface area contributed by atoms with Crippen molar-refractivity contribution < 1.29 is 28.5 Å². The molecule has 0 unspecified atom stereocenters. The normalized spacial score (nSPS) is 12.9. The Morgan fingerprint density at radius 2 is 1.39 bits per heavy atom. The van der Waals surface area contributed by atoms with Crippen LogP contribution in [0, 0.1) is 0 Å². The van der Waals surface area contributed by atoms with Crippen molar-refractivity contribution >= 4 is 17.6 Å². The number of anilines is 1. The van der Waals surface area contributed by atoms with E-state index in [2.05, 4.69) is 0 Å². The van der Waals surface area contributed by atoms with E-state index in [9.17, 15) is 9.59 Å². The van der Waals surface area contributed by atoms with E-state index in [1.54, 1.807) is 47.5 Å². The lowest BCUT2D eigenvalue weighted by molar-refractivity contribution is -0.139. The number of rotatable bonds is 8. The minimum atomic E-state index is -0.657. The second-order valence-corrected chi connectivity index (χ2v) is 6.32. The number of esters is 2. The van der Waals surface area contributed by atoms with Gasteiger partial charge >= 0.3 is 11.9 Å². The molecule has 3 rings (SSSR count). The lowest BCUT2D eigenvalue weighted by Gasteiger charge is -2.23. The number of ether oxygens (including phenoxy) is 4. The zero-order chi connectivity index (χ0) is 22.1. The first-order valence-electron chi connectivity index (χ1n) is 9.59. The Bertz CT molecular complexity index is 992. The van der Waals surface area contributed by atoms with E-state index in [4.69, 9.17) is 18.9 Å². The van der Waals surface area contributed by atoms with Gasteiger partial charge in [-0.05, 0) is 48.6 Å². The van der Waals surface area contributed by atoms with Crippen LogP contribution >= 0.6 is 0 Å². The summed E-state index contributed by atoms with van der Waals surface area (Å²) in [4.78, 5) is 26.2. The topological polar surface area (TPSA) is 74.3 Å². The molecule has 160 valence electrons. The summed E-state index contributed by atoms with van der Waals surface area (Å²) in [5.41, 5.74) is 0.802. The van der Waals surface area contributed by atoms with Gasteiger partial charge in [-0.1, -0.05) is 24.3 Å². The van der Waals surface area contributed by atoms with E-state index in [1.165, 1.54) is 20.3 Å². The highest BCUT2D eigenvalue weighted by molar-refractivity contribution is 6.05. The highest BCUT2D eigenvalue weighted by Gasteiger charge is 2.27. The minimum absolute atomic E-state index is 0.0595. The molecule has 2 aromatic rings. The predicted molar refractivity (Wildman–Crippen MR) is 116 cm³/mol. The van der Waals surface area contributed by atoms with Gasteiger partial charge in [0.1, 0.15) is 30.4 Å². The quantitative estimate of drug-likeness (QED) is 0.476. The molecule has 0 radical (unpaired) electrons. The molecule has 0 aromatic heterocycles. The average molecular weight is 421 g/mol. The van der Waals surface area contributed by atoms with E-state index >= 15 is 0 Å². The van der Waals surface area contributed by atoms with Crippen molar-refractivity contribution in [3.8, 4) is 11.5 Å². The maximum Gasteiger partial charge on any atom is 0.355 e. The largest absolute Gasteiger partial charge is 0.490 e. The predicted octanol–water partition coefficient (Wildman–Crippen LogP) is 3.63. The minimum Gasteiger partial charge on any atom is -0.490 e. The average Bonchev–Trinajstić information content (AvgIpc) is 3.05. The van der Waals surface area contributed by atoms with Crippen molar-refractivity contribution in [2.24, 2.45) is 0 Å². The molecule has 1 heterocycles. The molecule has 7 nitrogen and oxygen atoms in total. The third-order valence-corrected chi connectivity index (χ3v) is 4.37. The summed E-state index contributed by atoms with van der Waals surface area (Å²) in [6.45, 7) is 0.783. The van der Waals surface area contributed by atoms with Crippen LogP contribution < -0.4 is 14.4 Å².